The fourth-order valence-corrected chi connectivity index (χ4v) is 7.35. The van der Waals surface area contributed by atoms with Crippen LogP contribution in [0.1, 0.15) is 60.4 Å². The topological polar surface area (TPSA) is 182 Å². The van der Waals surface area contributed by atoms with Crippen LogP contribution in [0, 0.1) is 11.3 Å². The smallest absolute Gasteiger partial charge is 0.294 e. The second-order valence-corrected chi connectivity index (χ2v) is 16.7. The highest BCUT2D eigenvalue weighted by Crippen LogP contribution is 2.40. The lowest BCUT2D eigenvalue weighted by Gasteiger charge is -2.26. The number of anilines is 3. The van der Waals surface area contributed by atoms with Crippen LogP contribution in [0.15, 0.2) is 130 Å². The van der Waals surface area contributed by atoms with Gasteiger partial charge in [-0.3, -0.25) is 14.1 Å². The average molecular weight is 850 g/mol. The average Bonchev–Trinajstić information content (AvgIpc) is 3.56. The molecule has 0 atom stereocenters. The number of carbonyl (C=O) groups excluding carboxylic acids is 2. The standard InChI is InChI=1S/C43H38Cl2N8O5S/c1-27(54)47-38-23-32(52(25-28-12-7-5-8-13-28)26-29-14-9-6-10-15-29)18-19-37(38)49-50-41-34(24-46)40(43(2,3)4)51-53(41)39-35(44)21-31(22-36(39)45)48-42(55)30-16-11-17-33(20-30)59(56,57)58/h5-23H,25-26H2,1-4H3,(H,47,54)(H,48,55)(H,56,57,58)/b50-49+. The van der Waals surface area contributed by atoms with E-state index in [2.05, 4.69) is 31.8 Å². The summed E-state index contributed by atoms with van der Waals surface area (Å²) in [6.45, 7) is 8.20. The largest absolute Gasteiger partial charge is 0.363 e. The summed E-state index contributed by atoms with van der Waals surface area (Å²) in [6.07, 6.45) is 0. The molecule has 0 spiro atoms. The van der Waals surface area contributed by atoms with Crippen molar-refractivity contribution in [1.82, 2.24) is 9.78 Å². The van der Waals surface area contributed by atoms with Gasteiger partial charge >= 0.3 is 0 Å². The van der Waals surface area contributed by atoms with Gasteiger partial charge in [0, 0.05) is 42.4 Å². The van der Waals surface area contributed by atoms with Crippen LogP contribution in [0.5, 0.6) is 0 Å². The first kappa shape index (κ1) is 42.2. The van der Waals surface area contributed by atoms with Crippen LogP contribution >= 0.6 is 23.2 Å². The molecular formula is C43H38Cl2N8O5S. The minimum absolute atomic E-state index is 0.00710. The number of nitriles is 1. The van der Waals surface area contributed by atoms with E-state index in [0.717, 1.165) is 28.9 Å². The number of nitrogens with one attached hydrogen (secondary N) is 2. The quantitative estimate of drug-likeness (QED) is 0.0803. The molecule has 1 aromatic heterocycles. The lowest BCUT2D eigenvalue weighted by atomic mass is 9.90. The third-order valence-corrected chi connectivity index (χ3v) is 10.3. The van der Waals surface area contributed by atoms with Gasteiger partial charge in [0.1, 0.15) is 23.0 Å². The van der Waals surface area contributed by atoms with Gasteiger partial charge in [0.2, 0.25) is 5.91 Å². The number of benzene rings is 5. The lowest BCUT2D eigenvalue weighted by Crippen LogP contribution is -2.22. The van der Waals surface area contributed by atoms with E-state index in [4.69, 9.17) is 28.3 Å². The summed E-state index contributed by atoms with van der Waals surface area (Å²) in [7, 11) is -4.55. The van der Waals surface area contributed by atoms with Crippen molar-refractivity contribution in [2.45, 2.75) is 51.1 Å². The molecule has 5 aromatic carbocycles. The Bertz CT molecular complexity index is 2660. The van der Waals surface area contributed by atoms with Gasteiger partial charge in [-0.25, -0.2) is 4.68 Å². The number of aromatic nitrogens is 2. The van der Waals surface area contributed by atoms with Crippen LogP contribution in [0.2, 0.25) is 10.0 Å². The van der Waals surface area contributed by atoms with Crippen molar-refractivity contribution < 1.29 is 22.6 Å². The Morgan fingerprint density at radius 3 is 2.00 bits per heavy atom. The molecule has 0 radical (unpaired) electrons. The van der Waals surface area contributed by atoms with Crippen LogP contribution in [0.4, 0.5) is 28.6 Å². The molecule has 59 heavy (non-hydrogen) atoms. The number of amides is 2. The van der Waals surface area contributed by atoms with Crippen LogP contribution in [-0.4, -0.2) is 34.6 Å². The Kier molecular flexibility index (Phi) is 12.6. The highest BCUT2D eigenvalue weighted by Gasteiger charge is 2.30. The molecule has 0 aliphatic rings. The van der Waals surface area contributed by atoms with Crippen LogP contribution < -0.4 is 15.5 Å². The number of hydrogen-bond acceptors (Lipinski definition) is 9. The number of hydrogen-bond donors (Lipinski definition) is 3. The predicted molar refractivity (Wildman–Crippen MR) is 229 cm³/mol. The first-order valence-electron chi connectivity index (χ1n) is 18.1. The van der Waals surface area contributed by atoms with Crippen molar-refractivity contribution in [3.05, 3.63) is 153 Å². The molecule has 300 valence electrons. The molecular weight excluding hydrogens is 811 g/mol. The summed E-state index contributed by atoms with van der Waals surface area (Å²) in [6, 6.07) is 35.4. The zero-order valence-corrected chi connectivity index (χ0v) is 34.6. The number of carbonyl (C=O) groups is 2. The fourth-order valence-electron chi connectivity index (χ4n) is 6.17. The van der Waals surface area contributed by atoms with E-state index in [9.17, 15) is 27.8 Å². The normalized spacial score (nSPS) is 11.6. The second kappa shape index (κ2) is 17.6. The van der Waals surface area contributed by atoms with Gasteiger partial charge in [0.25, 0.3) is 16.0 Å². The molecule has 0 aliphatic heterocycles. The number of azo groups is 1. The SMILES string of the molecule is CC(=O)Nc1cc(N(Cc2ccccc2)Cc2ccccc2)ccc1/N=N/c1c(C#N)c(C(C)(C)C)nn1-c1c(Cl)cc(NC(=O)c2cccc(S(=O)(=O)O)c2)cc1Cl. The first-order chi connectivity index (χ1) is 28.0. The number of nitrogens with zero attached hydrogens (tertiary/aromatic N) is 6. The zero-order valence-electron chi connectivity index (χ0n) is 32.3. The van der Waals surface area contributed by atoms with Gasteiger partial charge in [-0.05, 0) is 59.7 Å². The Morgan fingerprint density at radius 1 is 0.847 bits per heavy atom. The van der Waals surface area contributed by atoms with E-state index >= 15 is 0 Å². The summed E-state index contributed by atoms with van der Waals surface area (Å²) in [5.41, 5.74) is 3.77. The van der Waals surface area contributed by atoms with Crippen LogP contribution in [-0.2, 0) is 33.4 Å². The minimum atomic E-state index is -4.55. The van der Waals surface area contributed by atoms with Crippen molar-refractivity contribution in [2.24, 2.45) is 10.2 Å². The first-order valence-corrected chi connectivity index (χ1v) is 20.3. The maximum atomic E-state index is 13.1. The monoisotopic (exact) mass is 848 g/mol. The lowest BCUT2D eigenvalue weighted by molar-refractivity contribution is -0.114. The molecule has 6 aromatic rings. The van der Waals surface area contributed by atoms with Gasteiger partial charge in [-0.2, -0.15) is 18.8 Å². The highest BCUT2D eigenvalue weighted by atomic mass is 35.5. The fraction of sp³-hybridized carbons (Fsp3) is 0.163. The van der Waals surface area contributed by atoms with Crippen LogP contribution in [0.3, 0.4) is 0 Å². The Labute approximate surface area is 351 Å². The predicted octanol–water partition coefficient (Wildman–Crippen LogP) is 10.4. The molecule has 16 heteroatoms. The van der Waals surface area contributed by atoms with E-state index < -0.39 is 26.3 Å². The molecule has 0 aliphatic carbocycles. The van der Waals surface area contributed by atoms with Gasteiger partial charge < -0.3 is 15.5 Å². The molecule has 0 fully saturated rings. The zero-order chi connectivity index (χ0) is 42.5. The molecule has 1 heterocycles. The molecule has 3 N–H and O–H groups in total. The summed E-state index contributed by atoms with van der Waals surface area (Å²) < 4.78 is 34.0. The maximum Gasteiger partial charge on any atom is 0.294 e. The summed E-state index contributed by atoms with van der Waals surface area (Å²) >= 11 is 13.6. The summed E-state index contributed by atoms with van der Waals surface area (Å²) in [4.78, 5) is 27.3. The van der Waals surface area contributed by atoms with Crippen LogP contribution in [0.25, 0.3) is 5.69 Å². The molecule has 2 amide bonds. The van der Waals surface area contributed by atoms with E-state index in [1.165, 1.54) is 35.9 Å². The van der Waals surface area contributed by atoms with Gasteiger partial charge in [0.05, 0.1) is 26.3 Å². The van der Waals surface area contributed by atoms with Crippen molar-refractivity contribution in [1.29, 1.82) is 5.26 Å². The number of rotatable bonds is 12. The van der Waals surface area contributed by atoms with E-state index in [-0.39, 0.29) is 44.3 Å². The second-order valence-electron chi connectivity index (χ2n) is 14.5. The Morgan fingerprint density at radius 2 is 1.46 bits per heavy atom. The van der Waals surface area contributed by atoms with E-state index in [1.54, 1.807) is 6.07 Å². The van der Waals surface area contributed by atoms with Crippen molar-refractivity contribution >= 4 is 73.7 Å². The number of halogens is 2. The Balaban J connectivity index is 1.40. The maximum absolute atomic E-state index is 13.1. The van der Waals surface area contributed by atoms with Gasteiger partial charge in [-0.15, -0.1) is 10.2 Å². The molecule has 0 saturated heterocycles. The third-order valence-electron chi connectivity index (χ3n) is 8.90. The summed E-state index contributed by atoms with van der Waals surface area (Å²) in [5.74, 6) is -1.02. The molecule has 0 unspecified atom stereocenters. The molecule has 0 bridgehead atoms. The Hall–Kier alpha value is -6.37. The molecule has 0 saturated carbocycles. The summed E-state index contributed by atoms with van der Waals surface area (Å²) in [5, 5.41) is 29.8. The van der Waals surface area contributed by atoms with Gasteiger partial charge in [0.15, 0.2) is 5.82 Å². The third kappa shape index (κ3) is 10.2. The van der Waals surface area contributed by atoms with Gasteiger partial charge in [-0.1, -0.05) is 111 Å². The molecule has 13 nitrogen and oxygen atoms in total. The minimum Gasteiger partial charge on any atom is -0.363 e. The molecule has 6 rings (SSSR count). The van der Waals surface area contributed by atoms with Crippen molar-refractivity contribution in [2.75, 3.05) is 15.5 Å². The van der Waals surface area contributed by atoms with E-state index in [1.807, 2.05) is 93.6 Å². The van der Waals surface area contributed by atoms with Crippen molar-refractivity contribution in [3.63, 3.8) is 0 Å². The van der Waals surface area contributed by atoms with E-state index in [0.29, 0.717) is 30.2 Å². The van der Waals surface area contributed by atoms with Crippen molar-refractivity contribution in [3.8, 4) is 11.8 Å². The highest BCUT2D eigenvalue weighted by molar-refractivity contribution is 7.85.